The van der Waals surface area contributed by atoms with E-state index in [0.717, 1.165) is 10.9 Å². The monoisotopic (exact) mass is 316 g/mol. The third-order valence-corrected chi connectivity index (χ3v) is 3.34. The van der Waals surface area contributed by atoms with Crippen LogP contribution in [-0.2, 0) is 11.3 Å². The van der Waals surface area contributed by atoms with Crippen LogP contribution in [0.2, 0.25) is 0 Å². The van der Waals surface area contributed by atoms with Crippen molar-refractivity contribution in [3.05, 3.63) is 60.8 Å². The number of aromatic nitrogens is 1. The first kappa shape index (κ1) is 15.0. The van der Waals surface area contributed by atoms with Gasteiger partial charge in [-0.15, -0.1) is 0 Å². The molecule has 0 radical (unpaired) electrons. The number of hydrogen-bond donors (Lipinski definition) is 1. The third kappa shape index (κ3) is 3.66. The van der Waals surface area contributed by atoms with E-state index in [1.54, 1.807) is 12.1 Å². The molecule has 2 aromatic carbocycles. The molecule has 6 heteroatoms. The Balaban J connectivity index is 1.70. The number of alkyl halides is 2. The Morgan fingerprint density at radius 2 is 1.96 bits per heavy atom. The molecule has 0 spiro atoms. The number of rotatable bonds is 5. The summed E-state index contributed by atoms with van der Waals surface area (Å²) in [5.41, 5.74) is 1.36. The van der Waals surface area contributed by atoms with Gasteiger partial charge in [0.25, 0.3) is 0 Å². The van der Waals surface area contributed by atoms with Gasteiger partial charge in [-0.05, 0) is 29.7 Å². The van der Waals surface area contributed by atoms with Crippen LogP contribution < -0.4 is 10.1 Å². The number of para-hydroxylation sites is 1. The second-order valence-corrected chi connectivity index (χ2v) is 4.96. The van der Waals surface area contributed by atoms with Crippen LogP contribution in [0.1, 0.15) is 0 Å². The zero-order valence-corrected chi connectivity index (χ0v) is 12.1. The number of anilines is 1. The maximum absolute atomic E-state index is 12.2. The van der Waals surface area contributed by atoms with E-state index in [9.17, 15) is 13.6 Å². The summed E-state index contributed by atoms with van der Waals surface area (Å²) in [4.78, 5) is 12.1. The van der Waals surface area contributed by atoms with Gasteiger partial charge in [-0.2, -0.15) is 8.78 Å². The second kappa shape index (κ2) is 6.48. The summed E-state index contributed by atoms with van der Waals surface area (Å²) >= 11 is 0. The van der Waals surface area contributed by atoms with Crippen molar-refractivity contribution in [2.24, 2.45) is 0 Å². The summed E-state index contributed by atoms with van der Waals surface area (Å²) in [6.07, 6.45) is 1.83. The van der Waals surface area contributed by atoms with Crippen molar-refractivity contribution in [2.75, 3.05) is 5.32 Å². The van der Waals surface area contributed by atoms with E-state index in [1.165, 1.54) is 12.1 Å². The predicted molar refractivity (Wildman–Crippen MR) is 83.6 cm³/mol. The van der Waals surface area contributed by atoms with E-state index in [-0.39, 0.29) is 18.2 Å². The largest absolute Gasteiger partial charge is 0.435 e. The highest BCUT2D eigenvalue weighted by molar-refractivity contribution is 5.92. The van der Waals surface area contributed by atoms with Crippen molar-refractivity contribution in [2.45, 2.75) is 13.2 Å². The normalized spacial score (nSPS) is 10.9. The number of ether oxygens (including phenoxy) is 1. The highest BCUT2D eigenvalue weighted by Gasteiger charge is 2.08. The smallest absolute Gasteiger partial charge is 0.387 e. The van der Waals surface area contributed by atoms with Crippen LogP contribution in [0.3, 0.4) is 0 Å². The number of amides is 1. The number of benzene rings is 2. The summed E-state index contributed by atoms with van der Waals surface area (Å²) in [7, 11) is 0. The third-order valence-electron chi connectivity index (χ3n) is 3.34. The first-order valence-corrected chi connectivity index (χ1v) is 7.00. The molecule has 0 aliphatic heterocycles. The van der Waals surface area contributed by atoms with Crippen molar-refractivity contribution in [3.8, 4) is 5.75 Å². The van der Waals surface area contributed by atoms with Gasteiger partial charge in [-0.1, -0.05) is 24.3 Å². The number of fused-ring (bicyclic) bond motifs is 1. The first-order valence-electron chi connectivity index (χ1n) is 7.00. The molecule has 0 aliphatic carbocycles. The molecule has 1 aromatic heterocycles. The quantitative estimate of drug-likeness (QED) is 0.776. The zero-order chi connectivity index (χ0) is 16.2. The van der Waals surface area contributed by atoms with Crippen molar-refractivity contribution < 1.29 is 18.3 Å². The number of halogens is 2. The Kier molecular flexibility index (Phi) is 4.23. The fraction of sp³-hybridized carbons (Fsp3) is 0.118. The Morgan fingerprint density at radius 3 is 2.78 bits per heavy atom. The fourth-order valence-electron chi connectivity index (χ4n) is 2.38. The van der Waals surface area contributed by atoms with Gasteiger partial charge < -0.3 is 14.6 Å². The van der Waals surface area contributed by atoms with E-state index in [4.69, 9.17) is 0 Å². The maximum Gasteiger partial charge on any atom is 0.387 e. The lowest BCUT2D eigenvalue weighted by atomic mass is 10.2. The number of carbonyl (C=O) groups excluding carboxylic acids is 1. The van der Waals surface area contributed by atoms with Crippen molar-refractivity contribution in [1.29, 1.82) is 0 Å². The maximum atomic E-state index is 12.2. The average molecular weight is 316 g/mol. The number of nitrogens with one attached hydrogen (secondary N) is 1. The molecule has 3 rings (SSSR count). The molecule has 0 saturated carbocycles. The van der Waals surface area contributed by atoms with Crippen LogP contribution in [0.15, 0.2) is 60.8 Å². The molecule has 0 aliphatic rings. The molecule has 0 bridgehead atoms. The fourth-order valence-corrected chi connectivity index (χ4v) is 2.38. The van der Waals surface area contributed by atoms with Crippen molar-refractivity contribution in [1.82, 2.24) is 4.57 Å². The van der Waals surface area contributed by atoms with Crippen LogP contribution in [0, 0.1) is 0 Å². The molecule has 118 valence electrons. The van der Waals surface area contributed by atoms with Crippen LogP contribution in [0.4, 0.5) is 14.5 Å². The molecule has 0 atom stereocenters. The standard InChI is InChI=1S/C17H14F2N2O2/c18-17(19)23-14-6-3-5-13(10-14)20-16(22)11-21-9-8-12-4-1-2-7-15(12)21/h1-10,17H,11H2,(H,20,22). The van der Waals surface area contributed by atoms with E-state index >= 15 is 0 Å². The second-order valence-electron chi connectivity index (χ2n) is 4.96. The molecule has 23 heavy (non-hydrogen) atoms. The van der Waals surface area contributed by atoms with Crippen LogP contribution >= 0.6 is 0 Å². The summed E-state index contributed by atoms with van der Waals surface area (Å²) in [5, 5.41) is 3.72. The molecule has 0 fully saturated rings. The number of hydrogen-bond acceptors (Lipinski definition) is 2. The Bertz CT molecular complexity index is 830. The molecular formula is C17H14F2N2O2. The van der Waals surface area contributed by atoms with Crippen molar-refractivity contribution >= 4 is 22.5 Å². The summed E-state index contributed by atoms with van der Waals surface area (Å²) in [5.74, 6) is -0.246. The Hall–Kier alpha value is -2.89. The van der Waals surface area contributed by atoms with Crippen LogP contribution in [0.25, 0.3) is 10.9 Å². The molecule has 4 nitrogen and oxygen atoms in total. The average Bonchev–Trinajstić information content (AvgIpc) is 2.90. The van der Waals surface area contributed by atoms with Gasteiger partial charge in [0.1, 0.15) is 12.3 Å². The molecule has 1 N–H and O–H groups in total. The van der Waals surface area contributed by atoms with Gasteiger partial charge in [0.05, 0.1) is 0 Å². The predicted octanol–water partition coefficient (Wildman–Crippen LogP) is 3.88. The van der Waals surface area contributed by atoms with Crippen molar-refractivity contribution in [3.63, 3.8) is 0 Å². The van der Waals surface area contributed by atoms with E-state index in [1.807, 2.05) is 41.1 Å². The molecule has 1 amide bonds. The van der Waals surface area contributed by atoms with Gasteiger partial charge in [-0.3, -0.25) is 4.79 Å². The highest BCUT2D eigenvalue weighted by atomic mass is 19.3. The molecule has 3 aromatic rings. The molecule has 0 unspecified atom stereocenters. The van der Waals surface area contributed by atoms with Gasteiger partial charge in [-0.25, -0.2) is 0 Å². The summed E-state index contributed by atoms with van der Waals surface area (Å²) in [6.45, 7) is -2.76. The van der Waals surface area contributed by atoms with Crippen LogP contribution in [0.5, 0.6) is 5.75 Å². The SMILES string of the molecule is O=C(Cn1ccc2ccccc21)Nc1cccc(OC(F)F)c1. The lowest BCUT2D eigenvalue weighted by molar-refractivity contribution is -0.116. The lowest BCUT2D eigenvalue weighted by Gasteiger charge is -2.09. The number of nitrogens with zero attached hydrogens (tertiary/aromatic N) is 1. The molecular weight excluding hydrogens is 302 g/mol. The van der Waals surface area contributed by atoms with Gasteiger partial charge >= 0.3 is 6.61 Å². The zero-order valence-electron chi connectivity index (χ0n) is 12.1. The van der Waals surface area contributed by atoms with Gasteiger partial charge in [0.2, 0.25) is 5.91 Å². The lowest BCUT2D eigenvalue weighted by Crippen LogP contribution is -2.18. The molecule has 1 heterocycles. The van der Waals surface area contributed by atoms with E-state index in [2.05, 4.69) is 10.1 Å². The summed E-state index contributed by atoms with van der Waals surface area (Å²) in [6, 6.07) is 15.6. The van der Waals surface area contributed by atoms with Gasteiger partial charge in [0.15, 0.2) is 0 Å². The minimum Gasteiger partial charge on any atom is -0.435 e. The topological polar surface area (TPSA) is 43.3 Å². The van der Waals surface area contributed by atoms with E-state index in [0.29, 0.717) is 5.69 Å². The molecule has 0 saturated heterocycles. The minimum atomic E-state index is -2.90. The Labute approximate surface area is 131 Å². The van der Waals surface area contributed by atoms with E-state index < -0.39 is 6.61 Å². The highest BCUT2D eigenvalue weighted by Crippen LogP contribution is 2.20. The van der Waals surface area contributed by atoms with Gasteiger partial charge in [0, 0.05) is 23.5 Å². The number of carbonyl (C=O) groups is 1. The Morgan fingerprint density at radius 1 is 1.13 bits per heavy atom. The first-order chi connectivity index (χ1) is 11.1. The minimum absolute atomic E-state index is 0.00390. The summed E-state index contributed by atoms with van der Waals surface area (Å²) < 4.78 is 30.5. The van der Waals surface area contributed by atoms with Crippen LogP contribution in [-0.4, -0.2) is 17.1 Å².